The zero-order valence-electron chi connectivity index (χ0n) is 34.3. The number of allylic oxidation sites excluding steroid dienone is 16. The molecule has 0 heterocycles. The fourth-order valence-electron chi connectivity index (χ4n) is 7.57. The average Bonchev–Trinajstić information content (AvgIpc) is 4.07. The van der Waals surface area contributed by atoms with Gasteiger partial charge in [-0.25, -0.2) is 0 Å². The van der Waals surface area contributed by atoms with Gasteiger partial charge in [-0.2, -0.15) is 0 Å². The fourth-order valence-corrected chi connectivity index (χ4v) is 7.57. The summed E-state index contributed by atoms with van der Waals surface area (Å²) in [6, 6.07) is 38.4. The molecule has 4 aromatic rings. The first-order chi connectivity index (χ1) is 27.1. The molecule has 0 saturated carbocycles. The van der Waals surface area contributed by atoms with Gasteiger partial charge in [0.15, 0.2) is 0 Å². The number of nitrogens with one attached hydrogen (secondary N) is 1. The first-order valence-corrected chi connectivity index (χ1v) is 20.4. The van der Waals surface area contributed by atoms with E-state index < -0.39 is 0 Å². The monoisotopic (exact) mass is 726 g/mol. The maximum Gasteiger partial charge on any atom is 0.0460 e. The SMILES string of the molecule is C/C1=C\C=C(\c2ccccc2Nc2cccc(CC3=CC=CC3)c2)CC(C2=CC=CC2)(c2ccccc2)C2=C1CC=C2.CC.CC.CC.Nc1ccccc1. The van der Waals surface area contributed by atoms with Crippen molar-refractivity contribution in [2.24, 2.45) is 0 Å². The Labute approximate surface area is 333 Å². The first kappa shape index (κ1) is 42.1. The average molecular weight is 727 g/mol. The topological polar surface area (TPSA) is 38.0 Å². The second kappa shape index (κ2) is 21.9. The van der Waals surface area contributed by atoms with E-state index >= 15 is 0 Å². The third kappa shape index (κ3) is 10.5. The minimum absolute atomic E-state index is 0.232. The van der Waals surface area contributed by atoms with Gasteiger partial charge >= 0.3 is 0 Å². The molecular weight excluding hydrogens is 665 g/mol. The van der Waals surface area contributed by atoms with Crippen LogP contribution in [-0.2, 0) is 11.8 Å². The summed E-state index contributed by atoms with van der Waals surface area (Å²) in [5, 5.41) is 3.82. The first-order valence-electron chi connectivity index (χ1n) is 20.4. The molecule has 1 atom stereocenters. The normalized spacial score (nSPS) is 19.3. The summed E-state index contributed by atoms with van der Waals surface area (Å²) in [5.41, 5.74) is 20.8. The quantitative estimate of drug-likeness (QED) is 0.186. The molecule has 284 valence electrons. The highest BCUT2D eigenvalue weighted by molar-refractivity contribution is 5.83. The van der Waals surface area contributed by atoms with Gasteiger partial charge in [0, 0.05) is 28.0 Å². The highest BCUT2D eigenvalue weighted by Crippen LogP contribution is 2.53. The van der Waals surface area contributed by atoms with E-state index in [0.29, 0.717) is 0 Å². The predicted octanol–water partition coefficient (Wildman–Crippen LogP) is 15.0. The zero-order chi connectivity index (χ0) is 39.5. The Morgan fingerprint density at radius 1 is 0.636 bits per heavy atom. The molecule has 3 N–H and O–H groups in total. The summed E-state index contributed by atoms with van der Waals surface area (Å²) in [6.45, 7) is 14.3. The van der Waals surface area contributed by atoms with E-state index in [1.165, 1.54) is 50.1 Å². The van der Waals surface area contributed by atoms with Crippen LogP contribution in [-0.4, -0.2) is 0 Å². The van der Waals surface area contributed by atoms with Crippen molar-refractivity contribution in [2.45, 2.75) is 86.0 Å². The fraction of sp³-hybridized carbons (Fsp3) is 0.245. The standard InChI is InChI=1S/C41H37N.C6H7N.3C2H6/c1-30-25-26-33(29-41(35-18-7-8-19-35,34-16-3-2-4-17-34)39-23-12-22-37(30)39)38-21-9-10-24-40(38)42-36-20-11-15-32(28-36)27-31-13-5-6-14-31;7-6-4-2-1-3-5-6;3*1-2/h2-13,15-18,20-21,23-26,28,42H,14,19,22,27,29H2,1H3;1-5H,7H2;3*1-2H3/b30-25+,33-26+;;;;. The van der Waals surface area contributed by atoms with Crippen LogP contribution in [0.1, 0.15) is 90.8 Å². The Kier molecular flexibility index (Phi) is 16.8. The van der Waals surface area contributed by atoms with Crippen LogP contribution >= 0.6 is 0 Å². The molecule has 0 radical (unpaired) electrons. The summed E-state index contributed by atoms with van der Waals surface area (Å²) >= 11 is 0. The summed E-state index contributed by atoms with van der Waals surface area (Å²) in [5.74, 6) is 0. The molecule has 4 aromatic carbocycles. The van der Waals surface area contributed by atoms with Gasteiger partial charge in [-0.15, -0.1) is 0 Å². The minimum atomic E-state index is -0.232. The Hall–Kier alpha value is -5.60. The molecule has 0 amide bonds. The maximum absolute atomic E-state index is 5.36. The van der Waals surface area contributed by atoms with E-state index in [-0.39, 0.29) is 5.41 Å². The van der Waals surface area contributed by atoms with Gasteiger partial charge in [0.1, 0.15) is 0 Å². The molecule has 0 spiro atoms. The van der Waals surface area contributed by atoms with Crippen molar-refractivity contribution in [3.05, 3.63) is 215 Å². The van der Waals surface area contributed by atoms with Crippen molar-refractivity contribution in [1.29, 1.82) is 0 Å². The third-order valence-electron chi connectivity index (χ3n) is 10.0. The van der Waals surface area contributed by atoms with Crippen LogP contribution < -0.4 is 11.1 Å². The van der Waals surface area contributed by atoms with Gasteiger partial charge < -0.3 is 11.1 Å². The zero-order valence-corrected chi connectivity index (χ0v) is 34.3. The highest BCUT2D eigenvalue weighted by Gasteiger charge is 2.42. The summed E-state index contributed by atoms with van der Waals surface area (Å²) in [6.07, 6.45) is 28.0. The predicted molar refractivity (Wildman–Crippen MR) is 244 cm³/mol. The van der Waals surface area contributed by atoms with Crippen molar-refractivity contribution >= 4 is 22.6 Å². The largest absolute Gasteiger partial charge is 0.399 e. The number of benzene rings is 4. The van der Waals surface area contributed by atoms with Gasteiger partial charge in [0.25, 0.3) is 0 Å². The van der Waals surface area contributed by atoms with Crippen molar-refractivity contribution in [3.63, 3.8) is 0 Å². The molecule has 0 aromatic heterocycles. The number of rotatable bonds is 7. The lowest BCUT2D eigenvalue weighted by Gasteiger charge is -2.40. The molecule has 0 bridgehead atoms. The lowest BCUT2D eigenvalue weighted by Crippen LogP contribution is -2.32. The van der Waals surface area contributed by atoms with E-state index in [0.717, 1.165) is 49.2 Å². The number of nitrogens with two attached hydrogens (primary N) is 1. The molecule has 4 aliphatic rings. The lowest BCUT2D eigenvalue weighted by molar-refractivity contribution is 0.605. The van der Waals surface area contributed by atoms with E-state index in [4.69, 9.17) is 5.73 Å². The molecule has 0 saturated heterocycles. The maximum atomic E-state index is 5.36. The van der Waals surface area contributed by atoms with Gasteiger partial charge in [-0.3, -0.25) is 0 Å². The van der Waals surface area contributed by atoms with Gasteiger partial charge in [0.2, 0.25) is 0 Å². The Morgan fingerprint density at radius 2 is 1.31 bits per heavy atom. The molecule has 0 aliphatic heterocycles. The van der Waals surface area contributed by atoms with Crippen LogP contribution in [0.5, 0.6) is 0 Å². The lowest BCUT2D eigenvalue weighted by atomic mass is 9.62. The number of hydrogen-bond acceptors (Lipinski definition) is 2. The van der Waals surface area contributed by atoms with E-state index in [1.807, 2.05) is 71.9 Å². The number of nitrogen functional groups attached to an aromatic ring is 1. The van der Waals surface area contributed by atoms with Crippen molar-refractivity contribution in [1.82, 2.24) is 0 Å². The molecule has 2 heteroatoms. The molecule has 8 rings (SSSR count). The Morgan fingerprint density at radius 3 is 1.96 bits per heavy atom. The van der Waals surface area contributed by atoms with Crippen molar-refractivity contribution in [3.8, 4) is 0 Å². The second-order valence-electron chi connectivity index (χ2n) is 13.2. The number of para-hydroxylation sites is 2. The van der Waals surface area contributed by atoms with Gasteiger partial charge in [-0.05, 0) is 103 Å². The molecular formula is C53H62N2. The van der Waals surface area contributed by atoms with Crippen molar-refractivity contribution < 1.29 is 0 Å². The third-order valence-corrected chi connectivity index (χ3v) is 10.0. The van der Waals surface area contributed by atoms with E-state index in [9.17, 15) is 0 Å². The van der Waals surface area contributed by atoms with Crippen LogP contribution in [0.2, 0.25) is 0 Å². The van der Waals surface area contributed by atoms with E-state index in [1.54, 1.807) is 0 Å². The smallest absolute Gasteiger partial charge is 0.0460 e. The summed E-state index contributed by atoms with van der Waals surface area (Å²) in [4.78, 5) is 0. The second-order valence-corrected chi connectivity index (χ2v) is 13.2. The number of hydrogen-bond donors (Lipinski definition) is 2. The van der Waals surface area contributed by atoms with Crippen molar-refractivity contribution in [2.75, 3.05) is 11.1 Å². The Balaban J connectivity index is 0.000000452. The highest BCUT2D eigenvalue weighted by atomic mass is 14.9. The number of anilines is 3. The van der Waals surface area contributed by atoms with Gasteiger partial charge in [0.05, 0.1) is 0 Å². The minimum Gasteiger partial charge on any atom is -0.399 e. The molecule has 1 unspecified atom stereocenters. The van der Waals surface area contributed by atoms with Crippen LogP contribution in [0.4, 0.5) is 17.1 Å². The summed E-state index contributed by atoms with van der Waals surface area (Å²) in [7, 11) is 0. The Bertz CT molecular complexity index is 2060. The molecule has 4 aliphatic carbocycles. The molecule has 55 heavy (non-hydrogen) atoms. The van der Waals surface area contributed by atoms with Crippen LogP contribution in [0, 0.1) is 0 Å². The molecule has 0 fully saturated rings. The van der Waals surface area contributed by atoms with Crippen LogP contribution in [0.15, 0.2) is 198 Å². The van der Waals surface area contributed by atoms with Gasteiger partial charge in [-0.1, -0.05) is 192 Å². The van der Waals surface area contributed by atoms with E-state index in [2.05, 4.69) is 152 Å². The van der Waals surface area contributed by atoms with Crippen LogP contribution in [0.3, 0.4) is 0 Å². The van der Waals surface area contributed by atoms with Crippen LogP contribution in [0.25, 0.3) is 5.57 Å². The molecule has 2 nitrogen and oxygen atoms in total. The summed E-state index contributed by atoms with van der Waals surface area (Å²) < 4.78 is 0.